The number of amides is 1. The molecule has 1 aromatic carbocycles. The summed E-state index contributed by atoms with van der Waals surface area (Å²) in [6, 6.07) is 9.39. The molecular weight excluding hydrogens is 324 g/mol. The fourth-order valence-electron chi connectivity index (χ4n) is 2.64. The van der Waals surface area contributed by atoms with Crippen molar-refractivity contribution in [3.8, 4) is 0 Å². The Labute approximate surface area is 145 Å². The molecule has 0 aliphatic heterocycles. The number of hydrogen-bond donors (Lipinski definition) is 0. The van der Waals surface area contributed by atoms with Gasteiger partial charge < -0.3 is 9.47 Å². The molecule has 2 heterocycles. The lowest BCUT2D eigenvalue weighted by molar-refractivity contribution is 0.0690. The van der Waals surface area contributed by atoms with Crippen LogP contribution in [0.5, 0.6) is 0 Å². The van der Waals surface area contributed by atoms with Crippen molar-refractivity contribution in [2.24, 2.45) is 7.05 Å². The predicted molar refractivity (Wildman–Crippen MR) is 95.0 cm³/mol. The van der Waals surface area contributed by atoms with Gasteiger partial charge in [-0.25, -0.2) is 4.98 Å². The summed E-state index contributed by atoms with van der Waals surface area (Å²) >= 11 is 6.05. The third-order valence-corrected chi connectivity index (χ3v) is 4.37. The second-order valence-corrected chi connectivity index (χ2v) is 6.37. The summed E-state index contributed by atoms with van der Waals surface area (Å²) in [7, 11) is 1.84. The van der Waals surface area contributed by atoms with Gasteiger partial charge in [-0.2, -0.15) is 0 Å². The smallest absolute Gasteiger partial charge is 0.254 e. The first-order valence-corrected chi connectivity index (χ1v) is 8.17. The molecule has 6 heteroatoms. The van der Waals surface area contributed by atoms with Crippen molar-refractivity contribution >= 4 is 28.5 Å². The Kier molecular flexibility index (Phi) is 4.53. The molecule has 0 saturated heterocycles. The monoisotopic (exact) mass is 342 g/mol. The van der Waals surface area contributed by atoms with E-state index in [1.54, 1.807) is 23.0 Å². The molecule has 3 aromatic rings. The van der Waals surface area contributed by atoms with Gasteiger partial charge in [0.15, 0.2) is 0 Å². The number of aryl methyl sites for hydroxylation is 1. The van der Waals surface area contributed by atoms with Crippen LogP contribution in [0.1, 0.15) is 29.8 Å². The summed E-state index contributed by atoms with van der Waals surface area (Å²) in [5, 5.41) is 0.408. The number of nitrogens with zero attached hydrogens (tertiary/aromatic N) is 4. The first-order valence-electron chi connectivity index (χ1n) is 7.79. The Bertz CT molecular complexity index is 873. The van der Waals surface area contributed by atoms with E-state index in [4.69, 9.17) is 11.6 Å². The number of benzene rings is 1. The second kappa shape index (κ2) is 6.61. The summed E-state index contributed by atoms with van der Waals surface area (Å²) in [5.74, 6) is -0.0203. The van der Waals surface area contributed by atoms with Gasteiger partial charge in [-0.15, -0.1) is 0 Å². The van der Waals surface area contributed by atoms with E-state index in [1.165, 1.54) is 0 Å². The zero-order chi connectivity index (χ0) is 17.3. The molecule has 0 bridgehead atoms. The number of pyridine rings is 1. The van der Waals surface area contributed by atoms with Crippen molar-refractivity contribution in [2.75, 3.05) is 0 Å². The molecule has 5 nitrogen and oxygen atoms in total. The molecule has 0 atom stereocenters. The predicted octanol–water partition coefficient (Wildman–Crippen LogP) is 3.67. The standard InChI is InChI=1S/C18H19ClN4O/c1-12(2)23(11-13-5-4-8-20-10-13)17(24)14-6-7-15-16(9-14)22(3)18(19)21-15/h4-10,12H,11H2,1-3H3. The average molecular weight is 343 g/mol. The van der Waals surface area contributed by atoms with Crippen molar-refractivity contribution in [3.05, 3.63) is 59.1 Å². The second-order valence-electron chi connectivity index (χ2n) is 6.03. The molecule has 124 valence electrons. The molecule has 0 N–H and O–H groups in total. The van der Waals surface area contributed by atoms with E-state index in [2.05, 4.69) is 9.97 Å². The van der Waals surface area contributed by atoms with E-state index in [-0.39, 0.29) is 11.9 Å². The van der Waals surface area contributed by atoms with Crippen LogP contribution in [0.3, 0.4) is 0 Å². The van der Waals surface area contributed by atoms with Gasteiger partial charge in [-0.1, -0.05) is 6.07 Å². The summed E-state index contributed by atoms with van der Waals surface area (Å²) in [5.41, 5.74) is 3.25. The van der Waals surface area contributed by atoms with Crippen LogP contribution in [0, 0.1) is 0 Å². The maximum Gasteiger partial charge on any atom is 0.254 e. The minimum atomic E-state index is -0.0203. The van der Waals surface area contributed by atoms with E-state index in [1.807, 2.05) is 50.1 Å². The van der Waals surface area contributed by atoms with Gasteiger partial charge in [0.25, 0.3) is 5.91 Å². The number of aromatic nitrogens is 3. The maximum absolute atomic E-state index is 13.0. The Morgan fingerprint density at radius 1 is 1.33 bits per heavy atom. The van der Waals surface area contributed by atoms with Crippen molar-refractivity contribution in [1.29, 1.82) is 0 Å². The summed E-state index contributed by atoms with van der Waals surface area (Å²) in [6.07, 6.45) is 3.51. The van der Waals surface area contributed by atoms with Crippen molar-refractivity contribution in [3.63, 3.8) is 0 Å². The molecule has 24 heavy (non-hydrogen) atoms. The Hall–Kier alpha value is -2.40. The Morgan fingerprint density at radius 2 is 2.12 bits per heavy atom. The summed E-state index contributed by atoms with van der Waals surface area (Å²) in [4.78, 5) is 23.2. The SMILES string of the molecule is CC(C)N(Cc1cccnc1)C(=O)c1ccc2nc(Cl)n(C)c2c1. The topological polar surface area (TPSA) is 51.0 Å². The zero-order valence-corrected chi connectivity index (χ0v) is 14.7. The summed E-state index contributed by atoms with van der Waals surface area (Å²) < 4.78 is 1.77. The number of carbonyl (C=O) groups is 1. The van der Waals surface area contributed by atoms with Gasteiger partial charge in [-0.3, -0.25) is 9.78 Å². The van der Waals surface area contributed by atoms with E-state index in [9.17, 15) is 4.79 Å². The fraction of sp³-hybridized carbons (Fsp3) is 0.278. The van der Waals surface area contributed by atoms with Crippen LogP contribution in [0.15, 0.2) is 42.7 Å². The number of carbonyl (C=O) groups excluding carboxylic acids is 1. The van der Waals surface area contributed by atoms with Gasteiger partial charge >= 0.3 is 0 Å². The molecule has 1 amide bonds. The van der Waals surface area contributed by atoms with Gasteiger partial charge in [0.1, 0.15) is 0 Å². The maximum atomic E-state index is 13.0. The molecule has 0 aliphatic carbocycles. The van der Waals surface area contributed by atoms with Crippen LogP contribution in [0.2, 0.25) is 5.28 Å². The number of imidazole rings is 1. The Balaban J connectivity index is 1.94. The van der Waals surface area contributed by atoms with Crippen LogP contribution in [0.4, 0.5) is 0 Å². The molecule has 0 spiro atoms. The van der Waals surface area contributed by atoms with Gasteiger partial charge in [0.2, 0.25) is 5.28 Å². The largest absolute Gasteiger partial charge is 0.332 e. The van der Waals surface area contributed by atoms with Crippen LogP contribution in [0.25, 0.3) is 11.0 Å². The third kappa shape index (κ3) is 3.12. The van der Waals surface area contributed by atoms with E-state index < -0.39 is 0 Å². The molecular formula is C18H19ClN4O. The first kappa shape index (κ1) is 16.5. The van der Waals surface area contributed by atoms with Gasteiger partial charge in [-0.05, 0) is 55.3 Å². The molecule has 0 radical (unpaired) electrons. The molecule has 0 aliphatic rings. The quantitative estimate of drug-likeness (QED) is 0.726. The fourth-order valence-corrected chi connectivity index (χ4v) is 2.82. The minimum Gasteiger partial charge on any atom is -0.332 e. The number of hydrogen-bond acceptors (Lipinski definition) is 3. The highest BCUT2D eigenvalue weighted by molar-refractivity contribution is 6.29. The number of rotatable bonds is 4. The average Bonchev–Trinajstić information content (AvgIpc) is 2.87. The van der Waals surface area contributed by atoms with Crippen LogP contribution < -0.4 is 0 Å². The first-order chi connectivity index (χ1) is 11.5. The van der Waals surface area contributed by atoms with Crippen LogP contribution in [-0.4, -0.2) is 31.4 Å². The van der Waals surface area contributed by atoms with Gasteiger partial charge in [0.05, 0.1) is 11.0 Å². The molecule has 0 saturated carbocycles. The number of halogens is 1. The molecule has 2 aromatic heterocycles. The van der Waals surface area contributed by atoms with Crippen molar-refractivity contribution < 1.29 is 4.79 Å². The molecule has 3 rings (SSSR count). The molecule has 0 fully saturated rings. The van der Waals surface area contributed by atoms with Crippen molar-refractivity contribution in [1.82, 2.24) is 19.4 Å². The lowest BCUT2D eigenvalue weighted by Gasteiger charge is -2.27. The lowest BCUT2D eigenvalue weighted by Crippen LogP contribution is -2.36. The van der Waals surface area contributed by atoms with Crippen LogP contribution in [-0.2, 0) is 13.6 Å². The van der Waals surface area contributed by atoms with E-state index in [0.29, 0.717) is 17.4 Å². The number of fused-ring (bicyclic) bond motifs is 1. The highest BCUT2D eigenvalue weighted by Crippen LogP contribution is 2.21. The van der Waals surface area contributed by atoms with E-state index >= 15 is 0 Å². The van der Waals surface area contributed by atoms with Gasteiger partial charge in [0, 0.05) is 37.6 Å². The van der Waals surface area contributed by atoms with E-state index in [0.717, 1.165) is 16.6 Å². The summed E-state index contributed by atoms with van der Waals surface area (Å²) in [6.45, 7) is 4.54. The third-order valence-electron chi connectivity index (χ3n) is 4.03. The van der Waals surface area contributed by atoms with Crippen molar-refractivity contribution in [2.45, 2.75) is 26.4 Å². The van der Waals surface area contributed by atoms with Crippen LogP contribution >= 0.6 is 11.6 Å². The lowest BCUT2D eigenvalue weighted by atomic mass is 10.1. The minimum absolute atomic E-state index is 0.0203. The highest BCUT2D eigenvalue weighted by Gasteiger charge is 2.20. The normalized spacial score (nSPS) is 11.2. The highest BCUT2D eigenvalue weighted by atomic mass is 35.5. The molecule has 0 unspecified atom stereocenters. The Morgan fingerprint density at radius 3 is 2.79 bits per heavy atom. The zero-order valence-electron chi connectivity index (χ0n) is 13.9.